The Labute approximate surface area is 123 Å². The maximum atomic E-state index is 12.3. The molecule has 114 valence electrons. The number of hydrogen-bond donors (Lipinski definition) is 1. The molecule has 6 heteroatoms. The van der Waals surface area contributed by atoms with E-state index in [-0.39, 0.29) is 19.6 Å². The molecule has 2 bridgehead atoms. The Morgan fingerprint density at radius 1 is 1.10 bits per heavy atom. The second kappa shape index (κ2) is 4.36. The molecule has 21 heavy (non-hydrogen) atoms. The molecule has 1 aromatic rings. The quantitative estimate of drug-likeness (QED) is 0.855. The van der Waals surface area contributed by atoms with Crippen LogP contribution in [0.4, 0.5) is 0 Å². The third-order valence-corrected chi connectivity index (χ3v) is 7.69. The van der Waals surface area contributed by atoms with Gasteiger partial charge in [-0.15, -0.1) is 0 Å². The smallest absolute Gasteiger partial charge is 0.231 e. The van der Waals surface area contributed by atoms with Crippen LogP contribution in [0.2, 0.25) is 0 Å². The lowest BCUT2D eigenvalue weighted by atomic mass is 9.80. The van der Waals surface area contributed by atoms with Crippen molar-refractivity contribution in [2.75, 3.05) is 6.79 Å². The van der Waals surface area contributed by atoms with Gasteiger partial charge in [0.25, 0.3) is 0 Å². The molecule has 4 rings (SSSR count). The number of sulfone groups is 1. The Hall–Kier alpha value is -1.27. The molecular formula is C15H18O5S. The Kier molecular flexibility index (Phi) is 2.78. The predicted octanol–water partition coefficient (Wildman–Crippen LogP) is 1.73. The van der Waals surface area contributed by atoms with Crippen molar-refractivity contribution in [3.8, 4) is 11.5 Å². The zero-order valence-corrected chi connectivity index (χ0v) is 12.4. The standard InChI is InChI=1S/C15H18O5S/c16-15(10-4-5-13-14(6-10)20-9-19-13)7-11-2-1-3-12(8-15)21(11,17)18/h4-6,11-12,16H,1-3,7-9H2. The highest BCUT2D eigenvalue weighted by Gasteiger charge is 2.51. The first-order chi connectivity index (χ1) is 9.99. The molecule has 1 aromatic carbocycles. The number of ether oxygens (including phenoxy) is 2. The van der Waals surface area contributed by atoms with Crippen molar-refractivity contribution in [2.24, 2.45) is 0 Å². The topological polar surface area (TPSA) is 72.8 Å². The summed E-state index contributed by atoms with van der Waals surface area (Å²) in [5.74, 6) is 1.30. The zero-order valence-electron chi connectivity index (χ0n) is 11.6. The molecule has 0 aromatic heterocycles. The molecule has 2 atom stereocenters. The van der Waals surface area contributed by atoms with Crippen molar-refractivity contribution in [2.45, 2.75) is 48.2 Å². The van der Waals surface area contributed by atoms with E-state index >= 15 is 0 Å². The minimum Gasteiger partial charge on any atom is -0.454 e. The van der Waals surface area contributed by atoms with Crippen LogP contribution in [0.3, 0.4) is 0 Å². The SMILES string of the molecule is O=S1(=O)C2CCCC1CC(O)(c1ccc3c(c1)OCO3)C2. The van der Waals surface area contributed by atoms with E-state index < -0.39 is 25.9 Å². The van der Waals surface area contributed by atoms with E-state index in [2.05, 4.69) is 0 Å². The lowest BCUT2D eigenvalue weighted by Crippen LogP contribution is -2.50. The molecule has 3 aliphatic heterocycles. The molecule has 0 amide bonds. The summed E-state index contributed by atoms with van der Waals surface area (Å²) in [6.45, 7) is 0.191. The summed E-state index contributed by atoms with van der Waals surface area (Å²) in [5, 5.41) is 10.2. The molecule has 1 N–H and O–H groups in total. The largest absolute Gasteiger partial charge is 0.454 e. The molecule has 2 saturated heterocycles. The number of rotatable bonds is 1. The third kappa shape index (κ3) is 1.96. The summed E-state index contributed by atoms with van der Waals surface area (Å²) in [5.41, 5.74) is -0.347. The monoisotopic (exact) mass is 310 g/mol. The fourth-order valence-corrected chi connectivity index (χ4v) is 6.42. The first-order valence-electron chi connectivity index (χ1n) is 7.34. The second-order valence-corrected chi connectivity index (χ2v) is 8.78. The van der Waals surface area contributed by atoms with Gasteiger partial charge in [-0.2, -0.15) is 0 Å². The van der Waals surface area contributed by atoms with Gasteiger partial charge in [0.1, 0.15) is 0 Å². The summed E-state index contributed by atoms with van der Waals surface area (Å²) in [4.78, 5) is 0. The van der Waals surface area contributed by atoms with E-state index in [9.17, 15) is 13.5 Å². The van der Waals surface area contributed by atoms with Gasteiger partial charge in [-0.1, -0.05) is 12.5 Å². The van der Waals surface area contributed by atoms with Crippen LogP contribution in [-0.2, 0) is 15.4 Å². The zero-order chi connectivity index (χ0) is 14.7. The summed E-state index contributed by atoms with van der Waals surface area (Å²) in [7, 11) is -3.07. The summed E-state index contributed by atoms with van der Waals surface area (Å²) < 4.78 is 35.3. The lowest BCUT2D eigenvalue weighted by Gasteiger charge is -2.44. The molecule has 3 aliphatic rings. The Balaban J connectivity index is 1.72. The van der Waals surface area contributed by atoms with Crippen LogP contribution in [0.1, 0.15) is 37.7 Å². The number of fused-ring (bicyclic) bond motifs is 3. The Morgan fingerprint density at radius 2 is 1.76 bits per heavy atom. The van der Waals surface area contributed by atoms with E-state index in [0.717, 1.165) is 12.0 Å². The molecule has 0 radical (unpaired) electrons. The van der Waals surface area contributed by atoms with E-state index in [1.165, 1.54) is 0 Å². The van der Waals surface area contributed by atoms with Crippen LogP contribution < -0.4 is 9.47 Å². The van der Waals surface area contributed by atoms with Crippen LogP contribution in [0.5, 0.6) is 11.5 Å². The molecule has 0 spiro atoms. The van der Waals surface area contributed by atoms with Gasteiger partial charge in [-0.25, -0.2) is 8.42 Å². The normalized spacial score (nSPS) is 36.4. The van der Waals surface area contributed by atoms with Gasteiger partial charge < -0.3 is 14.6 Å². The maximum Gasteiger partial charge on any atom is 0.231 e. The van der Waals surface area contributed by atoms with Gasteiger partial charge >= 0.3 is 0 Å². The van der Waals surface area contributed by atoms with Gasteiger partial charge in [-0.3, -0.25) is 0 Å². The summed E-state index contributed by atoms with van der Waals surface area (Å²) in [6, 6.07) is 5.39. The average molecular weight is 310 g/mol. The highest BCUT2D eigenvalue weighted by Crippen LogP contribution is 2.47. The Bertz CT molecular complexity index is 661. The highest BCUT2D eigenvalue weighted by atomic mass is 32.2. The first-order valence-corrected chi connectivity index (χ1v) is 8.95. The van der Waals surface area contributed by atoms with E-state index in [1.54, 1.807) is 12.1 Å². The average Bonchev–Trinajstić information content (AvgIpc) is 2.88. The highest BCUT2D eigenvalue weighted by molar-refractivity contribution is 7.92. The lowest BCUT2D eigenvalue weighted by molar-refractivity contribution is 0.00486. The Morgan fingerprint density at radius 3 is 2.48 bits per heavy atom. The molecular weight excluding hydrogens is 292 g/mol. The van der Waals surface area contributed by atoms with Crippen molar-refractivity contribution in [1.29, 1.82) is 0 Å². The fraction of sp³-hybridized carbons (Fsp3) is 0.600. The van der Waals surface area contributed by atoms with Crippen LogP contribution in [0, 0.1) is 0 Å². The molecule has 0 aliphatic carbocycles. The van der Waals surface area contributed by atoms with Gasteiger partial charge in [-0.05, 0) is 43.4 Å². The van der Waals surface area contributed by atoms with Crippen molar-refractivity contribution < 1.29 is 23.0 Å². The van der Waals surface area contributed by atoms with Crippen LogP contribution in [0.15, 0.2) is 18.2 Å². The number of benzene rings is 1. The van der Waals surface area contributed by atoms with Crippen LogP contribution in [0.25, 0.3) is 0 Å². The van der Waals surface area contributed by atoms with Crippen molar-refractivity contribution in [1.82, 2.24) is 0 Å². The van der Waals surface area contributed by atoms with E-state index in [1.807, 2.05) is 6.07 Å². The first kappa shape index (κ1) is 13.4. The van der Waals surface area contributed by atoms with Crippen LogP contribution >= 0.6 is 0 Å². The van der Waals surface area contributed by atoms with E-state index in [4.69, 9.17) is 9.47 Å². The maximum absolute atomic E-state index is 12.3. The minimum absolute atomic E-state index is 0.191. The second-order valence-electron chi connectivity index (χ2n) is 6.27. The number of hydrogen-bond acceptors (Lipinski definition) is 5. The van der Waals surface area contributed by atoms with Gasteiger partial charge in [0.15, 0.2) is 21.3 Å². The fourth-order valence-electron chi connectivity index (χ4n) is 3.87. The summed E-state index contributed by atoms with van der Waals surface area (Å²) in [6.07, 6.45) is 2.82. The van der Waals surface area contributed by atoms with Gasteiger partial charge in [0.05, 0.1) is 16.1 Å². The van der Waals surface area contributed by atoms with Gasteiger partial charge in [0, 0.05) is 0 Å². The van der Waals surface area contributed by atoms with Crippen molar-refractivity contribution >= 4 is 9.84 Å². The molecule has 0 saturated carbocycles. The molecule has 5 nitrogen and oxygen atoms in total. The molecule has 2 fully saturated rings. The van der Waals surface area contributed by atoms with Crippen molar-refractivity contribution in [3.05, 3.63) is 23.8 Å². The molecule has 2 unspecified atom stereocenters. The minimum atomic E-state index is -3.07. The van der Waals surface area contributed by atoms with E-state index in [0.29, 0.717) is 24.3 Å². The number of aliphatic hydroxyl groups is 1. The van der Waals surface area contributed by atoms with Crippen LogP contribution in [-0.4, -0.2) is 30.8 Å². The predicted molar refractivity (Wildman–Crippen MR) is 76.0 cm³/mol. The summed E-state index contributed by atoms with van der Waals surface area (Å²) >= 11 is 0. The third-order valence-electron chi connectivity index (χ3n) is 5.02. The molecule has 3 heterocycles. The van der Waals surface area contributed by atoms with Crippen molar-refractivity contribution in [3.63, 3.8) is 0 Å². The van der Waals surface area contributed by atoms with Gasteiger partial charge in [0.2, 0.25) is 6.79 Å².